The Labute approximate surface area is 153 Å². The number of carbonyl (C=O) groups is 1. The highest BCUT2D eigenvalue weighted by Gasteiger charge is 2.33. The first-order valence-corrected chi connectivity index (χ1v) is 9.23. The fraction of sp³-hybridized carbons (Fsp3) is 0.429. The lowest BCUT2D eigenvalue weighted by Crippen LogP contribution is -2.31. The van der Waals surface area contributed by atoms with Crippen molar-refractivity contribution >= 4 is 5.91 Å². The second-order valence-corrected chi connectivity index (χ2v) is 6.94. The summed E-state index contributed by atoms with van der Waals surface area (Å²) in [6.07, 6.45) is 5.01. The van der Waals surface area contributed by atoms with Crippen molar-refractivity contribution in [3.05, 3.63) is 52.7 Å². The van der Waals surface area contributed by atoms with E-state index in [-0.39, 0.29) is 11.9 Å². The summed E-state index contributed by atoms with van der Waals surface area (Å²) in [4.78, 5) is 19.9. The molecule has 2 aromatic rings. The lowest BCUT2D eigenvalue weighted by atomic mass is 10.0. The molecule has 1 fully saturated rings. The predicted octanol–water partition coefficient (Wildman–Crippen LogP) is 3.56. The van der Waals surface area contributed by atoms with Crippen LogP contribution >= 0.6 is 0 Å². The second kappa shape index (κ2) is 6.98. The van der Waals surface area contributed by atoms with E-state index in [1.165, 1.54) is 5.56 Å². The van der Waals surface area contributed by atoms with Crippen molar-refractivity contribution in [1.29, 1.82) is 0 Å². The van der Waals surface area contributed by atoms with E-state index in [1.807, 2.05) is 29.2 Å². The first kappa shape index (κ1) is 16.9. The van der Waals surface area contributed by atoms with Crippen LogP contribution in [0.15, 0.2) is 30.3 Å². The zero-order chi connectivity index (χ0) is 18.1. The first-order valence-electron chi connectivity index (χ1n) is 9.23. The molecular formula is C21H24N2O3. The maximum absolute atomic E-state index is 13.3. The number of pyridine rings is 1. The van der Waals surface area contributed by atoms with Crippen molar-refractivity contribution in [1.82, 2.24) is 9.88 Å². The van der Waals surface area contributed by atoms with Crippen LogP contribution in [0.3, 0.4) is 0 Å². The number of rotatable bonds is 4. The fourth-order valence-corrected chi connectivity index (χ4v) is 4.12. The van der Waals surface area contributed by atoms with Crippen LogP contribution in [0.25, 0.3) is 0 Å². The number of fused-ring (bicyclic) bond motifs is 1. The van der Waals surface area contributed by atoms with Crippen LogP contribution in [-0.4, -0.2) is 36.6 Å². The van der Waals surface area contributed by atoms with E-state index in [2.05, 4.69) is 11.1 Å². The van der Waals surface area contributed by atoms with E-state index >= 15 is 0 Å². The molecule has 4 rings (SSSR count). The van der Waals surface area contributed by atoms with Crippen LogP contribution in [0.2, 0.25) is 0 Å². The molecular weight excluding hydrogens is 328 g/mol. The number of methoxy groups -OCH3 is 2. The number of carbonyl (C=O) groups excluding carboxylic acids is 1. The second-order valence-electron chi connectivity index (χ2n) is 6.94. The van der Waals surface area contributed by atoms with Gasteiger partial charge in [0.2, 0.25) is 5.88 Å². The number of likely N-dealkylation sites (tertiary alicyclic amines) is 1. The van der Waals surface area contributed by atoms with Gasteiger partial charge in [0.05, 0.1) is 20.3 Å². The van der Waals surface area contributed by atoms with E-state index in [4.69, 9.17) is 9.47 Å². The van der Waals surface area contributed by atoms with E-state index in [1.54, 1.807) is 14.2 Å². The molecule has 2 heterocycles. The molecule has 0 N–H and O–H groups in total. The van der Waals surface area contributed by atoms with Crippen LogP contribution < -0.4 is 9.47 Å². The quantitative estimate of drug-likeness (QED) is 0.844. The molecule has 1 aliphatic heterocycles. The van der Waals surface area contributed by atoms with Crippen molar-refractivity contribution in [3.63, 3.8) is 0 Å². The molecule has 1 amide bonds. The summed E-state index contributed by atoms with van der Waals surface area (Å²) in [6.45, 7) is 0.751. The summed E-state index contributed by atoms with van der Waals surface area (Å²) < 4.78 is 10.8. The lowest BCUT2D eigenvalue weighted by molar-refractivity contribution is 0.0731. The van der Waals surface area contributed by atoms with Crippen molar-refractivity contribution in [2.45, 2.75) is 38.1 Å². The number of nitrogens with zero attached hydrogens (tertiary/aromatic N) is 2. The first-order chi connectivity index (χ1) is 12.7. The highest BCUT2D eigenvalue weighted by Crippen LogP contribution is 2.36. The van der Waals surface area contributed by atoms with Gasteiger partial charge in [0, 0.05) is 12.2 Å². The van der Waals surface area contributed by atoms with Crippen LogP contribution in [0.1, 0.15) is 52.5 Å². The van der Waals surface area contributed by atoms with Gasteiger partial charge in [0.25, 0.3) is 5.91 Å². The Kier molecular flexibility index (Phi) is 4.53. The van der Waals surface area contributed by atoms with Crippen molar-refractivity contribution in [2.24, 2.45) is 0 Å². The largest absolute Gasteiger partial charge is 0.497 e. The molecule has 0 spiro atoms. The van der Waals surface area contributed by atoms with Gasteiger partial charge in [0.15, 0.2) is 0 Å². The zero-order valence-electron chi connectivity index (χ0n) is 15.3. The Hall–Kier alpha value is -2.56. The molecule has 1 saturated heterocycles. The molecule has 0 unspecified atom stereocenters. The Balaban J connectivity index is 1.67. The number of hydrogen-bond acceptors (Lipinski definition) is 4. The summed E-state index contributed by atoms with van der Waals surface area (Å²) in [6, 6.07) is 10.1. The lowest BCUT2D eigenvalue weighted by Gasteiger charge is -2.26. The summed E-state index contributed by atoms with van der Waals surface area (Å²) in [7, 11) is 3.25. The fourth-order valence-electron chi connectivity index (χ4n) is 4.12. The highest BCUT2D eigenvalue weighted by molar-refractivity contribution is 5.97. The molecule has 5 nitrogen and oxygen atoms in total. The topological polar surface area (TPSA) is 51.7 Å². The molecule has 26 heavy (non-hydrogen) atoms. The van der Waals surface area contributed by atoms with Crippen LogP contribution in [-0.2, 0) is 12.8 Å². The Morgan fingerprint density at radius 3 is 2.85 bits per heavy atom. The number of aromatic nitrogens is 1. The van der Waals surface area contributed by atoms with Gasteiger partial charge in [0.1, 0.15) is 11.3 Å². The molecule has 1 aromatic heterocycles. The summed E-state index contributed by atoms with van der Waals surface area (Å²) in [5.41, 5.74) is 3.96. The molecule has 2 aliphatic rings. The van der Waals surface area contributed by atoms with Crippen molar-refractivity contribution in [2.75, 3.05) is 20.8 Å². The van der Waals surface area contributed by atoms with Crippen LogP contribution in [0.4, 0.5) is 0 Å². The Bertz CT molecular complexity index is 834. The monoisotopic (exact) mass is 352 g/mol. The smallest absolute Gasteiger partial charge is 0.259 e. The number of benzene rings is 1. The SMILES string of the molecule is COc1cccc([C@H]2CCCN2C(=O)c2cc3c(nc2OC)CCC3)c1. The molecule has 136 valence electrons. The highest BCUT2D eigenvalue weighted by atomic mass is 16.5. The maximum atomic E-state index is 13.3. The third kappa shape index (κ3) is 2.91. The van der Waals surface area contributed by atoms with Crippen molar-refractivity contribution < 1.29 is 14.3 Å². The maximum Gasteiger partial charge on any atom is 0.259 e. The number of hydrogen-bond donors (Lipinski definition) is 0. The zero-order valence-corrected chi connectivity index (χ0v) is 15.3. The van der Waals surface area contributed by atoms with Gasteiger partial charge < -0.3 is 14.4 Å². The summed E-state index contributed by atoms with van der Waals surface area (Å²) in [5.74, 6) is 1.28. The van der Waals surface area contributed by atoms with Gasteiger partial charge in [-0.05, 0) is 61.4 Å². The minimum Gasteiger partial charge on any atom is -0.497 e. The van der Waals surface area contributed by atoms with Gasteiger partial charge in [-0.15, -0.1) is 0 Å². The van der Waals surface area contributed by atoms with E-state index in [0.717, 1.165) is 55.7 Å². The Morgan fingerprint density at radius 1 is 1.15 bits per heavy atom. The summed E-state index contributed by atoms with van der Waals surface area (Å²) >= 11 is 0. The van der Waals surface area contributed by atoms with Gasteiger partial charge in [-0.2, -0.15) is 0 Å². The van der Waals surface area contributed by atoms with Crippen LogP contribution in [0.5, 0.6) is 11.6 Å². The predicted molar refractivity (Wildman–Crippen MR) is 98.8 cm³/mol. The molecule has 0 radical (unpaired) electrons. The standard InChI is InChI=1S/C21H24N2O3/c1-25-16-8-3-7-15(12-16)19-10-5-11-23(19)21(24)17-13-14-6-4-9-18(14)22-20(17)26-2/h3,7-8,12-13,19H,4-6,9-11H2,1-2H3/t19-/m1/s1. The average Bonchev–Trinajstić information content (AvgIpc) is 3.35. The minimum atomic E-state index is 0.00868. The number of aryl methyl sites for hydroxylation is 2. The molecule has 1 aliphatic carbocycles. The van der Waals surface area contributed by atoms with E-state index in [9.17, 15) is 4.79 Å². The van der Waals surface area contributed by atoms with Gasteiger partial charge in [-0.25, -0.2) is 4.98 Å². The summed E-state index contributed by atoms with van der Waals surface area (Å²) in [5, 5.41) is 0. The average molecular weight is 352 g/mol. The van der Waals surface area contributed by atoms with Gasteiger partial charge >= 0.3 is 0 Å². The van der Waals surface area contributed by atoms with Crippen molar-refractivity contribution in [3.8, 4) is 11.6 Å². The van der Waals surface area contributed by atoms with Crippen LogP contribution in [0, 0.1) is 0 Å². The number of amides is 1. The molecule has 0 saturated carbocycles. The normalized spacial score (nSPS) is 18.7. The number of ether oxygens (including phenoxy) is 2. The molecule has 1 atom stereocenters. The third-order valence-corrected chi connectivity index (χ3v) is 5.43. The third-order valence-electron chi connectivity index (χ3n) is 5.43. The Morgan fingerprint density at radius 2 is 2.04 bits per heavy atom. The molecule has 5 heteroatoms. The molecule has 1 aromatic carbocycles. The van der Waals surface area contributed by atoms with Gasteiger partial charge in [-0.1, -0.05) is 12.1 Å². The van der Waals surface area contributed by atoms with E-state index in [0.29, 0.717) is 11.4 Å². The minimum absolute atomic E-state index is 0.00868. The molecule has 0 bridgehead atoms. The van der Waals surface area contributed by atoms with E-state index < -0.39 is 0 Å². The van der Waals surface area contributed by atoms with Gasteiger partial charge in [-0.3, -0.25) is 4.79 Å².